The first kappa shape index (κ1) is 16.5. The molecule has 0 bridgehead atoms. The number of hydrogen-bond acceptors (Lipinski definition) is 3. The SMILES string of the molecule is CCCNCc1cc(C)ccc1OCC(C)(C)C(=O)O. The van der Waals surface area contributed by atoms with Crippen molar-refractivity contribution in [2.45, 2.75) is 40.7 Å². The van der Waals surface area contributed by atoms with Crippen molar-refractivity contribution < 1.29 is 14.6 Å². The second-order valence-corrected chi connectivity index (χ2v) is 5.77. The minimum absolute atomic E-state index is 0.159. The smallest absolute Gasteiger partial charge is 0.312 e. The van der Waals surface area contributed by atoms with E-state index < -0.39 is 11.4 Å². The molecule has 1 rings (SSSR count). The molecule has 4 heteroatoms. The van der Waals surface area contributed by atoms with Crippen molar-refractivity contribution >= 4 is 5.97 Å². The molecule has 0 aliphatic rings. The lowest BCUT2D eigenvalue weighted by Crippen LogP contribution is -2.31. The fourth-order valence-corrected chi connectivity index (χ4v) is 1.71. The summed E-state index contributed by atoms with van der Waals surface area (Å²) >= 11 is 0. The van der Waals surface area contributed by atoms with Gasteiger partial charge in [-0.2, -0.15) is 0 Å². The van der Waals surface area contributed by atoms with Crippen molar-refractivity contribution in [3.8, 4) is 5.75 Å². The fourth-order valence-electron chi connectivity index (χ4n) is 1.71. The highest BCUT2D eigenvalue weighted by Crippen LogP contribution is 2.23. The lowest BCUT2D eigenvalue weighted by atomic mass is 9.95. The normalized spacial score (nSPS) is 11.4. The lowest BCUT2D eigenvalue weighted by Gasteiger charge is -2.21. The molecule has 0 saturated heterocycles. The van der Waals surface area contributed by atoms with Crippen LogP contribution in [0, 0.1) is 12.3 Å². The summed E-state index contributed by atoms with van der Waals surface area (Å²) in [5.41, 5.74) is 1.35. The summed E-state index contributed by atoms with van der Waals surface area (Å²) in [6.07, 6.45) is 1.08. The van der Waals surface area contributed by atoms with E-state index in [1.165, 1.54) is 5.56 Å². The Morgan fingerprint density at radius 1 is 1.40 bits per heavy atom. The molecule has 0 unspecified atom stereocenters. The molecule has 0 radical (unpaired) electrons. The summed E-state index contributed by atoms with van der Waals surface area (Å²) in [6, 6.07) is 5.97. The van der Waals surface area contributed by atoms with Crippen molar-refractivity contribution in [3.05, 3.63) is 29.3 Å². The van der Waals surface area contributed by atoms with Crippen molar-refractivity contribution in [3.63, 3.8) is 0 Å². The Morgan fingerprint density at radius 3 is 2.70 bits per heavy atom. The molecule has 0 aliphatic heterocycles. The van der Waals surface area contributed by atoms with Gasteiger partial charge in [0.05, 0.1) is 5.41 Å². The van der Waals surface area contributed by atoms with Gasteiger partial charge >= 0.3 is 5.97 Å². The molecular formula is C16H25NO3. The van der Waals surface area contributed by atoms with Crippen LogP contribution in [-0.4, -0.2) is 24.2 Å². The van der Waals surface area contributed by atoms with E-state index in [0.29, 0.717) is 0 Å². The number of carbonyl (C=O) groups is 1. The molecule has 0 fully saturated rings. The molecule has 20 heavy (non-hydrogen) atoms. The predicted octanol–water partition coefficient (Wildman–Crippen LogP) is 2.98. The van der Waals surface area contributed by atoms with Crippen molar-refractivity contribution in [1.82, 2.24) is 5.32 Å². The van der Waals surface area contributed by atoms with Crippen LogP contribution in [0.15, 0.2) is 18.2 Å². The Kier molecular flexibility index (Phi) is 6.02. The molecule has 0 saturated carbocycles. The molecule has 0 atom stereocenters. The average Bonchev–Trinajstić information content (AvgIpc) is 2.38. The summed E-state index contributed by atoms with van der Waals surface area (Å²) in [5, 5.41) is 12.5. The molecule has 112 valence electrons. The number of carboxylic acids is 1. The minimum atomic E-state index is -0.890. The van der Waals surface area contributed by atoms with E-state index in [0.717, 1.165) is 30.8 Å². The van der Waals surface area contributed by atoms with Crippen LogP contribution in [-0.2, 0) is 11.3 Å². The quantitative estimate of drug-likeness (QED) is 0.718. The summed E-state index contributed by atoms with van der Waals surface area (Å²) in [6.45, 7) is 9.33. The number of nitrogens with one attached hydrogen (secondary N) is 1. The Hall–Kier alpha value is -1.55. The van der Waals surface area contributed by atoms with Gasteiger partial charge in [0.1, 0.15) is 12.4 Å². The van der Waals surface area contributed by atoms with Crippen LogP contribution in [0.5, 0.6) is 5.75 Å². The van der Waals surface area contributed by atoms with Gasteiger partial charge in [0, 0.05) is 12.1 Å². The zero-order valence-electron chi connectivity index (χ0n) is 12.8. The monoisotopic (exact) mass is 279 g/mol. The number of benzene rings is 1. The molecule has 1 aromatic rings. The Morgan fingerprint density at radius 2 is 2.10 bits per heavy atom. The first-order valence-corrected chi connectivity index (χ1v) is 7.03. The summed E-state index contributed by atoms with van der Waals surface area (Å²) in [5.74, 6) is -0.0937. The highest BCUT2D eigenvalue weighted by molar-refractivity contribution is 5.73. The second-order valence-electron chi connectivity index (χ2n) is 5.77. The maximum absolute atomic E-state index is 11.1. The molecule has 0 amide bonds. The number of aliphatic carboxylic acids is 1. The van der Waals surface area contributed by atoms with Crippen molar-refractivity contribution in [2.75, 3.05) is 13.2 Å². The van der Waals surface area contributed by atoms with E-state index in [4.69, 9.17) is 9.84 Å². The Bertz CT molecular complexity index is 455. The molecular weight excluding hydrogens is 254 g/mol. The molecule has 0 aliphatic carbocycles. The topological polar surface area (TPSA) is 58.6 Å². The van der Waals surface area contributed by atoms with Crippen molar-refractivity contribution in [2.24, 2.45) is 5.41 Å². The van der Waals surface area contributed by atoms with Gasteiger partial charge < -0.3 is 15.2 Å². The second kappa shape index (κ2) is 7.29. The maximum atomic E-state index is 11.1. The third-order valence-electron chi connectivity index (χ3n) is 3.13. The van der Waals surface area contributed by atoms with Crippen LogP contribution in [0.25, 0.3) is 0 Å². The summed E-state index contributed by atoms with van der Waals surface area (Å²) in [4.78, 5) is 11.1. The molecule has 0 aromatic heterocycles. The average molecular weight is 279 g/mol. The number of rotatable bonds is 8. The standard InChI is InChI=1S/C16H25NO3/c1-5-8-17-10-13-9-12(2)6-7-14(13)20-11-16(3,4)15(18)19/h6-7,9,17H,5,8,10-11H2,1-4H3,(H,18,19). The zero-order valence-corrected chi connectivity index (χ0v) is 12.8. The van der Waals surface area contributed by atoms with Gasteiger partial charge in [0.2, 0.25) is 0 Å². The van der Waals surface area contributed by atoms with Gasteiger partial charge in [-0.05, 0) is 39.8 Å². The third-order valence-corrected chi connectivity index (χ3v) is 3.13. The highest BCUT2D eigenvalue weighted by Gasteiger charge is 2.28. The maximum Gasteiger partial charge on any atom is 0.312 e. The largest absolute Gasteiger partial charge is 0.492 e. The van der Waals surface area contributed by atoms with Gasteiger partial charge in [-0.1, -0.05) is 24.6 Å². The minimum Gasteiger partial charge on any atom is -0.492 e. The van der Waals surface area contributed by atoms with Crippen LogP contribution < -0.4 is 10.1 Å². The summed E-state index contributed by atoms with van der Waals surface area (Å²) < 4.78 is 5.73. The van der Waals surface area contributed by atoms with Crippen molar-refractivity contribution in [1.29, 1.82) is 0 Å². The van der Waals surface area contributed by atoms with E-state index in [1.54, 1.807) is 13.8 Å². The number of aryl methyl sites for hydroxylation is 1. The predicted molar refractivity (Wildman–Crippen MR) is 80.1 cm³/mol. The molecule has 4 nitrogen and oxygen atoms in total. The summed E-state index contributed by atoms with van der Waals surface area (Å²) in [7, 11) is 0. The molecule has 1 aromatic carbocycles. The van der Waals surface area contributed by atoms with E-state index in [9.17, 15) is 4.79 Å². The molecule has 2 N–H and O–H groups in total. The third kappa shape index (κ3) is 4.85. The Balaban J connectivity index is 2.75. The van der Waals surface area contributed by atoms with Crippen LogP contribution in [0.1, 0.15) is 38.3 Å². The van der Waals surface area contributed by atoms with E-state index in [1.807, 2.05) is 19.1 Å². The van der Waals surface area contributed by atoms with E-state index in [2.05, 4.69) is 18.3 Å². The number of carboxylic acid groups (broad SMARTS) is 1. The Labute approximate surface area is 121 Å². The van der Waals surface area contributed by atoms with Crippen LogP contribution in [0.2, 0.25) is 0 Å². The van der Waals surface area contributed by atoms with Crippen LogP contribution >= 0.6 is 0 Å². The molecule has 0 spiro atoms. The van der Waals surface area contributed by atoms with Gasteiger partial charge in [0.25, 0.3) is 0 Å². The number of hydrogen-bond donors (Lipinski definition) is 2. The van der Waals surface area contributed by atoms with Gasteiger partial charge in [-0.15, -0.1) is 0 Å². The highest BCUT2D eigenvalue weighted by atomic mass is 16.5. The van der Waals surface area contributed by atoms with Gasteiger partial charge in [-0.25, -0.2) is 0 Å². The lowest BCUT2D eigenvalue weighted by molar-refractivity contribution is -0.148. The zero-order chi connectivity index (χ0) is 15.2. The molecule has 0 heterocycles. The first-order valence-electron chi connectivity index (χ1n) is 7.03. The fraction of sp³-hybridized carbons (Fsp3) is 0.562. The van der Waals surface area contributed by atoms with Crippen LogP contribution in [0.3, 0.4) is 0 Å². The van der Waals surface area contributed by atoms with E-state index >= 15 is 0 Å². The van der Waals surface area contributed by atoms with Gasteiger partial charge in [-0.3, -0.25) is 4.79 Å². The van der Waals surface area contributed by atoms with Crippen LogP contribution in [0.4, 0.5) is 0 Å². The van der Waals surface area contributed by atoms with Gasteiger partial charge in [0.15, 0.2) is 0 Å². The van der Waals surface area contributed by atoms with E-state index in [-0.39, 0.29) is 6.61 Å². The number of ether oxygens (including phenoxy) is 1. The first-order chi connectivity index (χ1) is 9.36.